The molecule has 1 atom stereocenters. The number of aliphatic hydroxyl groups excluding tert-OH is 1. The highest BCUT2D eigenvalue weighted by Gasteiger charge is 2.22. The van der Waals surface area contributed by atoms with Gasteiger partial charge in [-0.3, -0.25) is 0 Å². The smallest absolute Gasteiger partial charge is 0.0725 e. The molecule has 1 aromatic heterocycles. The van der Waals surface area contributed by atoms with E-state index in [9.17, 15) is 5.11 Å². The SMILES string of the molecule is CCCn1nncc1CCC(O)C(C)(C)C. The maximum Gasteiger partial charge on any atom is 0.0725 e. The number of aryl methyl sites for hydroxylation is 2. The van der Waals surface area contributed by atoms with E-state index in [-0.39, 0.29) is 11.5 Å². The second-order valence-corrected chi connectivity index (χ2v) is 5.37. The van der Waals surface area contributed by atoms with Crippen LogP contribution in [0, 0.1) is 5.41 Å². The molecule has 0 aromatic carbocycles. The van der Waals surface area contributed by atoms with Gasteiger partial charge in [-0.2, -0.15) is 0 Å². The summed E-state index contributed by atoms with van der Waals surface area (Å²) in [5.41, 5.74) is 1.06. The van der Waals surface area contributed by atoms with Gasteiger partial charge in [-0.05, 0) is 24.7 Å². The Morgan fingerprint density at radius 3 is 2.69 bits per heavy atom. The van der Waals surface area contributed by atoms with E-state index in [1.54, 1.807) is 6.20 Å². The summed E-state index contributed by atoms with van der Waals surface area (Å²) in [6, 6.07) is 0. The van der Waals surface area contributed by atoms with E-state index >= 15 is 0 Å². The van der Waals surface area contributed by atoms with Crippen molar-refractivity contribution in [3.05, 3.63) is 11.9 Å². The van der Waals surface area contributed by atoms with Gasteiger partial charge in [0.15, 0.2) is 0 Å². The van der Waals surface area contributed by atoms with Gasteiger partial charge in [0.05, 0.1) is 18.0 Å². The van der Waals surface area contributed by atoms with Gasteiger partial charge >= 0.3 is 0 Å². The highest BCUT2D eigenvalue weighted by Crippen LogP contribution is 2.22. The number of hydrogen-bond donors (Lipinski definition) is 1. The Hall–Kier alpha value is -0.900. The summed E-state index contributed by atoms with van der Waals surface area (Å²) in [6.07, 6.45) is 4.17. The zero-order valence-electron chi connectivity index (χ0n) is 10.8. The predicted octanol–water partition coefficient (Wildman–Crippen LogP) is 2.03. The van der Waals surface area contributed by atoms with Gasteiger partial charge in [-0.25, -0.2) is 4.68 Å². The molecule has 1 N–H and O–H groups in total. The molecule has 0 aliphatic heterocycles. The third-order valence-electron chi connectivity index (χ3n) is 2.81. The molecule has 0 spiro atoms. The minimum Gasteiger partial charge on any atom is -0.393 e. The van der Waals surface area contributed by atoms with Crippen molar-refractivity contribution in [1.82, 2.24) is 15.0 Å². The molecule has 0 radical (unpaired) electrons. The van der Waals surface area contributed by atoms with E-state index in [0.717, 1.165) is 31.5 Å². The first-order chi connectivity index (χ1) is 7.45. The Kier molecular flexibility index (Phi) is 4.47. The fourth-order valence-electron chi connectivity index (χ4n) is 1.59. The Labute approximate surface area is 97.7 Å². The number of rotatable bonds is 5. The van der Waals surface area contributed by atoms with Crippen LogP contribution in [0.4, 0.5) is 0 Å². The molecule has 1 aromatic rings. The first-order valence-corrected chi connectivity index (χ1v) is 6.00. The highest BCUT2D eigenvalue weighted by molar-refractivity contribution is 4.95. The van der Waals surface area contributed by atoms with Crippen LogP contribution in [0.2, 0.25) is 0 Å². The molecule has 0 aliphatic rings. The predicted molar refractivity (Wildman–Crippen MR) is 64.1 cm³/mol. The van der Waals surface area contributed by atoms with Gasteiger partial charge in [0.2, 0.25) is 0 Å². The summed E-state index contributed by atoms with van der Waals surface area (Å²) in [5, 5.41) is 17.9. The van der Waals surface area contributed by atoms with Gasteiger partial charge in [-0.1, -0.05) is 32.9 Å². The summed E-state index contributed by atoms with van der Waals surface area (Å²) >= 11 is 0. The first kappa shape index (κ1) is 13.2. The van der Waals surface area contributed by atoms with Crippen LogP contribution in [0.1, 0.15) is 46.2 Å². The fourth-order valence-corrected chi connectivity index (χ4v) is 1.59. The molecule has 0 aliphatic carbocycles. The van der Waals surface area contributed by atoms with Crippen LogP contribution in [0.15, 0.2) is 6.20 Å². The Bertz CT molecular complexity index is 314. The van der Waals surface area contributed by atoms with Gasteiger partial charge in [0, 0.05) is 6.54 Å². The summed E-state index contributed by atoms with van der Waals surface area (Å²) in [4.78, 5) is 0. The molecule has 92 valence electrons. The van der Waals surface area contributed by atoms with E-state index in [0.29, 0.717) is 0 Å². The molecule has 0 saturated heterocycles. The molecule has 1 rings (SSSR count). The summed E-state index contributed by atoms with van der Waals surface area (Å²) in [6.45, 7) is 9.19. The van der Waals surface area contributed by atoms with Crippen LogP contribution in [0.5, 0.6) is 0 Å². The molecule has 16 heavy (non-hydrogen) atoms. The largest absolute Gasteiger partial charge is 0.393 e. The van der Waals surface area contributed by atoms with Crippen molar-refractivity contribution >= 4 is 0 Å². The molecular weight excluding hydrogens is 202 g/mol. The molecule has 0 saturated carbocycles. The Morgan fingerprint density at radius 1 is 1.44 bits per heavy atom. The second-order valence-electron chi connectivity index (χ2n) is 5.37. The fraction of sp³-hybridized carbons (Fsp3) is 0.833. The Balaban J connectivity index is 2.51. The first-order valence-electron chi connectivity index (χ1n) is 6.00. The van der Waals surface area contributed by atoms with E-state index in [1.807, 2.05) is 4.68 Å². The molecule has 4 heteroatoms. The minimum absolute atomic E-state index is 0.0525. The lowest BCUT2D eigenvalue weighted by Gasteiger charge is -2.25. The second kappa shape index (κ2) is 5.43. The van der Waals surface area contributed by atoms with Crippen molar-refractivity contribution < 1.29 is 5.11 Å². The third-order valence-corrected chi connectivity index (χ3v) is 2.81. The monoisotopic (exact) mass is 225 g/mol. The number of hydrogen-bond acceptors (Lipinski definition) is 3. The molecule has 0 bridgehead atoms. The number of aromatic nitrogens is 3. The highest BCUT2D eigenvalue weighted by atomic mass is 16.3. The van der Waals surface area contributed by atoms with Crippen LogP contribution >= 0.6 is 0 Å². The van der Waals surface area contributed by atoms with E-state index < -0.39 is 0 Å². The van der Waals surface area contributed by atoms with E-state index in [2.05, 4.69) is 38.0 Å². The normalized spacial score (nSPS) is 14.1. The van der Waals surface area contributed by atoms with Gasteiger partial charge in [0.1, 0.15) is 0 Å². The van der Waals surface area contributed by atoms with Crippen LogP contribution in [0.25, 0.3) is 0 Å². The van der Waals surface area contributed by atoms with E-state index in [1.165, 1.54) is 0 Å². The topological polar surface area (TPSA) is 50.9 Å². The van der Waals surface area contributed by atoms with Crippen molar-refractivity contribution in [2.24, 2.45) is 5.41 Å². The van der Waals surface area contributed by atoms with Crippen molar-refractivity contribution in [2.75, 3.05) is 0 Å². The van der Waals surface area contributed by atoms with Crippen molar-refractivity contribution in [1.29, 1.82) is 0 Å². The average molecular weight is 225 g/mol. The number of nitrogens with zero attached hydrogens (tertiary/aromatic N) is 3. The molecular formula is C12H23N3O. The summed E-state index contributed by atoms with van der Waals surface area (Å²) in [5.74, 6) is 0. The van der Waals surface area contributed by atoms with Gasteiger partial charge in [-0.15, -0.1) is 5.10 Å². The van der Waals surface area contributed by atoms with Crippen LogP contribution < -0.4 is 0 Å². The van der Waals surface area contributed by atoms with Gasteiger partial charge in [0.25, 0.3) is 0 Å². The molecule has 4 nitrogen and oxygen atoms in total. The van der Waals surface area contributed by atoms with Crippen molar-refractivity contribution in [2.45, 2.75) is 59.6 Å². The van der Waals surface area contributed by atoms with Crippen LogP contribution in [0.3, 0.4) is 0 Å². The molecule has 1 heterocycles. The standard InChI is InChI=1S/C12H23N3O/c1-5-8-15-10(9-13-14-15)6-7-11(16)12(2,3)4/h9,11,16H,5-8H2,1-4H3. The van der Waals surface area contributed by atoms with E-state index in [4.69, 9.17) is 0 Å². The quantitative estimate of drug-likeness (QED) is 0.834. The summed E-state index contributed by atoms with van der Waals surface area (Å²) < 4.78 is 1.93. The molecule has 0 fully saturated rings. The third kappa shape index (κ3) is 3.59. The van der Waals surface area contributed by atoms with Crippen LogP contribution in [-0.4, -0.2) is 26.2 Å². The lowest BCUT2D eigenvalue weighted by atomic mass is 9.86. The molecule has 0 amide bonds. The lowest BCUT2D eigenvalue weighted by Crippen LogP contribution is -2.26. The average Bonchev–Trinajstić information content (AvgIpc) is 2.61. The maximum absolute atomic E-state index is 9.96. The Morgan fingerprint density at radius 2 is 2.12 bits per heavy atom. The maximum atomic E-state index is 9.96. The molecule has 1 unspecified atom stereocenters. The summed E-state index contributed by atoms with van der Waals surface area (Å²) in [7, 11) is 0. The van der Waals surface area contributed by atoms with Crippen molar-refractivity contribution in [3.63, 3.8) is 0 Å². The minimum atomic E-state index is -0.280. The van der Waals surface area contributed by atoms with Gasteiger partial charge < -0.3 is 5.11 Å². The van der Waals surface area contributed by atoms with Crippen molar-refractivity contribution in [3.8, 4) is 0 Å². The number of aliphatic hydroxyl groups is 1. The zero-order valence-corrected chi connectivity index (χ0v) is 10.8. The zero-order chi connectivity index (χ0) is 12.2. The van der Waals surface area contributed by atoms with Crippen LogP contribution in [-0.2, 0) is 13.0 Å². The lowest BCUT2D eigenvalue weighted by molar-refractivity contribution is 0.0555.